The molecule has 21 heavy (non-hydrogen) atoms. The summed E-state index contributed by atoms with van der Waals surface area (Å²) in [4.78, 5) is 10.9. The highest BCUT2D eigenvalue weighted by molar-refractivity contribution is 14.0. The van der Waals surface area contributed by atoms with Crippen LogP contribution in [-0.2, 0) is 11.3 Å². The van der Waals surface area contributed by atoms with Crippen molar-refractivity contribution in [2.24, 2.45) is 10.9 Å². The molecule has 2 rings (SSSR count). The number of guanidine groups is 1. The number of aliphatic imine (C=N–C) groups is 1. The van der Waals surface area contributed by atoms with E-state index < -0.39 is 0 Å². The Hall–Kier alpha value is -0.890. The van der Waals surface area contributed by atoms with E-state index in [4.69, 9.17) is 4.74 Å². The summed E-state index contributed by atoms with van der Waals surface area (Å²) in [5.74, 6) is 1.51. The molecule has 1 aromatic heterocycles. The predicted octanol–water partition coefficient (Wildman–Crippen LogP) is 2.05. The molecule has 0 aliphatic carbocycles. The summed E-state index contributed by atoms with van der Waals surface area (Å²) < 4.78 is 5.42. The SMILES string of the molecule is CN=C(NCc1ncccc1C)N(C)CC1CCOC1.I. The molecule has 0 radical (unpaired) electrons. The second kappa shape index (κ2) is 9.19. The van der Waals surface area contributed by atoms with E-state index in [-0.39, 0.29) is 24.0 Å². The van der Waals surface area contributed by atoms with Gasteiger partial charge in [0.05, 0.1) is 18.8 Å². The van der Waals surface area contributed by atoms with Crippen molar-refractivity contribution in [2.45, 2.75) is 19.9 Å². The lowest BCUT2D eigenvalue weighted by atomic mass is 10.1. The van der Waals surface area contributed by atoms with E-state index in [2.05, 4.69) is 40.2 Å². The van der Waals surface area contributed by atoms with Crippen molar-refractivity contribution in [3.8, 4) is 0 Å². The third kappa shape index (κ3) is 5.43. The van der Waals surface area contributed by atoms with Crippen molar-refractivity contribution >= 4 is 29.9 Å². The normalized spacial score (nSPS) is 18.2. The van der Waals surface area contributed by atoms with Crippen LogP contribution in [0.5, 0.6) is 0 Å². The lowest BCUT2D eigenvalue weighted by molar-refractivity contribution is 0.181. The van der Waals surface area contributed by atoms with Crippen LogP contribution in [0.25, 0.3) is 0 Å². The van der Waals surface area contributed by atoms with Gasteiger partial charge in [-0.3, -0.25) is 9.98 Å². The summed E-state index contributed by atoms with van der Waals surface area (Å²) in [6.45, 7) is 5.50. The summed E-state index contributed by atoms with van der Waals surface area (Å²) in [5.41, 5.74) is 2.26. The first-order chi connectivity index (χ1) is 9.70. The lowest BCUT2D eigenvalue weighted by Gasteiger charge is -2.24. The standard InChI is InChI=1S/C15H24N4O.HI/c1-12-5-4-7-17-14(12)9-18-15(16-2)19(3)10-13-6-8-20-11-13;/h4-5,7,13H,6,8-11H2,1-3H3,(H,16,18);1H. The number of ether oxygens (including phenoxy) is 1. The molecule has 1 aliphatic rings. The molecule has 0 aromatic carbocycles. The Morgan fingerprint density at radius 3 is 3.00 bits per heavy atom. The molecule has 6 heteroatoms. The molecule has 1 atom stereocenters. The first-order valence-electron chi connectivity index (χ1n) is 7.10. The number of halogens is 1. The average Bonchev–Trinajstić information content (AvgIpc) is 2.94. The molecular weight excluding hydrogens is 379 g/mol. The zero-order valence-electron chi connectivity index (χ0n) is 13.0. The second-order valence-electron chi connectivity index (χ2n) is 5.28. The Bertz CT molecular complexity index is 461. The lowest BCUT2D eigenvalue weighted by Crippen LogP contribution is -2.41. The molecule has 0 amide bonds. The highest BCUT2D eigenvalue weighted by Crippen LogP contribution is 2.13. The Balaban J connectivity index is 0.00000220. The third-order valence-corrected chi connectivity index (χ3v) is 3.66. The average molecular weight is 404 g/mol. The Labute approximate surface area is 144 Å². The fourth-order valence-electron chi connectivity index (χ4n) is 2.45. The highest BCUT2D eigenvalue weighted by Gasteiger charge is 2.19. The smallest absolute Gasteiger partial charge is 0.193 e. The molecule has 0 bridgehead atoms. The first-order valence-corrected chi connectivity index (χ1v) is 7.10. The molecule has 1 fully saturated rings. The first kappa shape index (κ1) is 18.2. The van der Waals surface area contributed by atoms with Gasteiger partial charge in [-0.1, -0.05) is 6.07 Å². The second-order valence-corrected chi connectivity index (χ2v) is 5.28. The van der Waals surface area contributed by atoms with E-state index in [1.165, 1.54) is 5.56 Å². The molecule has 0 saturated carbocycles. The molecule has 1 aromatic rings. The quantitative estimate of drug-likeness (QED) is 0.474. The molecule has 1 N–H and O–H groups in total. The van der Waals surface area contributed by atoms with E-state index in [1.807, 2.05) is 19.3 Å². The molecular formula is C15H25IN4O. The minimum atomic E-state index is 0. The van der Waals surface area contributed by atoms with Crippen LogP contribution >= 0.6 is 24.0 Å². The highest BCUT2D eigenvalue weighted by atomic mass is 127. The molecule has 118 valence electrons. The Kier molecular flexibility index (Phi) is 7.95. The van der Waals surface area contributed by atoms with E-state index in [9.17, 15) is 0 Å². The molecule has 2 heterocycles. The van der Waals surface area contributed by atoms with Crippen molar-refractivity contribution in [3.05, 3.63) is 29.6 Å². The summed E-state index contributed by atoms with van der Waals surface area (Å²) in [5, 5.41) is 3.37. The largest absolute Gasteiger partial charge is 0.381 e. The Morgan fingerprint density at radius 1 is 1.57 bits per heavy atom. The van der Waals surface area contributed by atoms with Gasteiger partial charge in [-0.2, -0.15) is 0 Å². The topological polar surface area (TPSA) is 49.8 Å². The van der Waals surface area contributed by atoms with Crippen molar-refractivity contribution < 1.29 is 4.74 Å². The van der Waals surface area contributed by atoms with Crippen LogP contribution in [0.2, 0.25) is 0 Å². The van der Waals surface area contributed by atoms with Gasteiger partial charge in [-0.25, -0.2) is 0 Å². The van der Waals surface area contributed by atoms with Crippen LogP contribution in [0.1, 0.15) is 17.7 Å². The van der Waals surface area contributed by atoms with E-state index in [1.54, 1.807) is 0 Å². The number of nitrogens with one attached hydrogen (secondary N) is 1. The molecule has 1 saturated heterocycles. The van der Waals surface area contributed by atoms with Crippen LogP contribution in [-0.4, -0.2) is 49.7 Å². The van der Waals surface area contributed by atoms with Gasteiger partial charge >= 0.3 is 0 Å². The maximum atomic E-state index is 5.42. The zero-order valence-corrected chi connectivity index (χ0v) is 15.3. The fourth-order valence-corrected chi connectivity index (χ4v) is 2.45. The monoisotopic (exact) mass is 404 g/mol. The minimum absolute atomic E-state index is 0. The number of aryl methyl sites for hydroxylation is 1. The number of nitrogens with zero attached hydrogens (tertiary/aromatic N) is 3. The van der Waals surface area contributed by atoms with Gasteiger partial charge < -0.3 is 15.0 Å². The summed E-state index contributed by atoms with van der Waals surface area (Å²) in [6, 6.07) is 4.03. The molecule has 1 aliphatic heterocycles. The summed E-state index contributed by atoms with van der Waals surface area (Å²) in [6.07, 6.45) is 2.97. The van der Waals surface area contributed by atoms with Gasteiger partial charge in [0.1, 0.15) is 0 Å². The van der Waals surface area contributed by atoms with Crippen molar-refractivity contribution in [2.75, 3.05) is 33.9 Å². The van der Waals surface area contributed by atoms with Crippen molar-refractivity contribution in [3.63, 3.8) is 0 Å². The summed E-state index contributed by atoms with van der Waals surface area (Å²) in [7, 11) is 3.88. The van der Waals surface area contributed by atoms with Gasteiger partial charge in [-0.05, 0) is 25.0 Å². The number of hydrogen-bond donors (Lipinski definition) is 1. The zero-order chi connectivity index (χ0) is 14.4. The maximum absolute atomic E-state index is 5.42. The third-order valence-electron chi connectivity index (χ3n) is 3.66. The van der Waals surface area contributed by atoms with Gasteiger partial charge in [0.2, 0.25) is 0 Å². The van der Waals surface area contributed by atoms with Gasteiger partial charge in [-0.15, -0.1) is 24.0 Å². The van der Waals surface area contributed by atoms with Crippen LogP contribution < -0.4 is 5.32 Å². The minimum Gasteiger partial charge on any atom is -0.381 e. The van der Waals surface area contributed by atoms with Crippen LogP contribution in [0.4, 0.5) is 0 Å². The number of pyridine rings is 1. The van der Waals surface area contributed by atoms with Crippen LogP contribution in [0.15, 0.2) is 23.3 Å². The van der Waals surface area contributed by atoms with Gasteiger partial charge in [0.15, 0.2) is 5.96 Å². The van der Waals surface area contributed by atoms with E-state index in [0.717, 1.165) is 37.8 Å². The number of aromatic nitrogens is 1. The molecule has 0 spiro atoms. The molecule has 5 nitrogen and oxygen atoms in total. The number of rotatable bonds is 4. The summed E-state index contributed by atoms with van der Waals surface area (Å²) >= 11 is 0. The Morgan fingerprint density at radius 2 is 2.38 bits per heavy atom. The predicted molar refractivity (Wildman–Crippen MR) is 96.1 cm³/mol. The van der Waals surface area contributed by atoms with Gasteiger partial charge in [0, 0.05) is 39.4 Å². The maximum Gasteiger partial charge on any atom is 0.193 e. The number of hydrogen-bond acceptors (Lipinski definition) is 3. The molecule has 1 unspecified atom stereocenters. The van der Waals surface area contributed by atoms with Crippen LogP contribution in [0, 0.1) is 12.8 Å². The van der Waals surface area contributed by atoms with Gasteiger partial charge in [0.25, 0.3) is 0 Å². The van der Waals surface area contributed by atoms with E-state index >= 15 is 0 Å². The fraction of sp³-hybridized carbons (Fsp3) is 0.600. The van der Waals surface area contributed by atoms with E-state index in [0.29, 0.717) is 12.5 Å². The van der Waals surface area contributed by atoms with Crippen molar-refractivity contribution in [1.82, 2.24) is 15.2 Å². The van der Waals surface area contributed by atoms with Crippen LogP contribution in [0.3, 0.4) is 0 Å². The van der Waals surface area contributed by atoms with Crippen molar-refractivity contribution in [1.29, 1.82) is 0 Å².